The van der Waals surface area contributed by atoms with E-state index in [1.165, 1.54) is 6.26 Å². The Bertz CT molecular complexity index is 420. The number of hydrogen-bond acceptors (Lipinski definition) is 3. The molecule has 2 rings (SSSR count). The van der Waals surface area contributed by atoms with Crippen LogP contribution in [0.3, 0.4) is 0 Å². The number of rotatable bonds is 3. The van der Waals surface area contributed by atoms with Crippen LogP contribution in [0.4, 0.5) is 0 Å². The fourth-order valence-electron chi connectivity index (χ4n) is 1.24. The highest BCUT2D eigenvalue weighted by Gasteiger charge is 2.05. The second-order valence-corrected chi connectivity index (χ2v) is 3.14. The number of aromatic nitrogens is 1. The van der Waals surface area contributed by atoms with Gasteiger partial charge in [-0.05, 0) is 11.6 Å². The maximum atomic E-state index is 9.66. The van der Waals surface area contributed by atoms with Crippen LogP contribution in [0.1, 0.15) is 17.4 Å². The molecule has 0 radical (unpaired) electrons. The van der Waals surface area contributed by atoms with Gasteiger partial charge in [0.1, 0.15) is 18.1 Å². The predicted molar refractivity (Wildman–Crippen MR) is 56.9 cm³/mol. The average molecular weight is 201 g/mol. The molecule has 0 amide bonds. The molecule has 1 aromatic carbocycles. The van der Waals surface area contributed by atoms with Crippen molar-refractivity contribution in [3.63, 3.8) is 0 Å². The third kappa shape index (κ3) is 2.54. The van der Waals surface area contributed by atoms with Gasteiger partial charge in [-0.3, -0.25) is 0 Å². The molecule has 0 aliphatic rings. The van der Waals surface area contributed by atoms with Crippen molar-refractivity contribution in [3.8, 4) is 0 Å². The minimum absolute atomic E-state index is 0.516. The molecule has 1 heterocycles. The minimum atomic E-state index is -0.719. The normalized spacial score (nSPS) is 13.1. The molecule has 0 saturated heterocycles. The van der Waals surface area contributed by atoms with E-state index in [0.29, 0.717) is 5.69 Å². The molecule has 15 heavy (non-hydrogen) atoms. The molecule has 1 aromatic heterocycles. The van der Waals surface area contributed by atoms with E-state index in [1.807, 2.05) is 36.4 Å². The van der Waals surface area contributed by atoms with E-state index in [9.17, 15) is 5.11 Å². The third-order valence-electron chi connectivity index (χ3n) is 2.03. The zero-order valence-corrected chi connectivity index (χ0v) is 8.08. The number of benzene rings is 1. The Hall–Kier alpha value is -1.87. The maximum absolute atomic E-state index is 9.66. The minimum Gasteiger partial charge on any atom is -0.383 e. The molecule has 2 aromatic rings. The number of aliphatic hydroxyl groups excluding tert-OH is 1. The first-order valence-electron chi connectivity index (χ1n) is 4.68. The molecule has 0 fully saturated rings. The summed E-state index contributed by atoms with van der Waals surface area (Å²) >= 11 is 0. The van der Waals surface area contributed by atoms with Crippen LogP contribution in [0, 0.1) is 0 Å². The summed E-state index contributed by atoms with van der Waals surface area (Å²) in [4.78, 5) is 0. The average Bonchev–Trinajstić information content (AvgIpc) is 2.81. The highest BCUT2D eigenvalue weighted by molar-refractivity contribution is 5.49. The summed E-state index contributed by atoms with van der Waals surface area (Å²) in [6.07, 6.45) is 4.24. The van der Waals surface area contributed by atoms with Crippen molar-refractivity contribution in [2.75, 3.05) is 0 Å². The molecule has 0 saturated carbocycles. The quantitative estimate of drug-likeness (QED) is 0.829. The summed E-state index contributed by atoms with van der Waals surface area (Å²) in [5.41, 5.74) is 1.56. The highest BCUT2D eigenvalue weighted by Crippen LogP contribution is 2.13. The largest absolute Gasteiger partial charge is 0.383 e. The second kappa shape index (κ2) is 4.57. The monoisotopic (exact) mass is 201 g/mol. The van der Waals surface area contributed by atoms with E-state index in [2.05, 4.69) is 9.68 Å². The highest BCUT2D eigenvalue weighted by atomic mass is 16.5. The second-order valence-electron chi connectivity index (χ2n) is 3.14. The van der Waals surface area contributed by atoms with Gasteiger partial charge in [-0.2, -0.15) is 0 Å². The van der Waals surface area contributed by atoms with Crippen LogP contribution in [0.15, 0.2) is 53.3 Å². The Labute approximate surface area is 87.7 Å². The van der Waals surface area contributed by atoms with E-state index in [1.54, 1.807) is 12.1 Å². The van der Waals surface area contributed by atoms with Gasteiger partial charge < -0.3 is 9.63 Å². The Balaban J connectivity index is 2.06. The summed E-state index contributed by atoms with van der Waals surface area (Å²) in [5, 5.41) is 13.3. The smallest absolute Gasteiger partial charge is 0.124 e. The Morgan fingerprint density at radius 3 is 2.67 bits per heavy atom. The zero-order chi connectivity index (χ0) is 10.5. The number of aliphatic hydroxyl groups is 1. The van der Waals surface area contributed by atoms with E-state index in [4.69, 9.17) is 0 Å². The van der Waals surface area contributed by atoms with E-state index >= 15 is 0 Å². The lowest BCUT2D eigenvalue weighted by Gasteiger charge is -1.98. The molecular weight excluding hydrogens is 190 g/mol. The van der Waals surface area contributed by atoms with Crippen molar-refractivity contribution in [2.24, 2.45) is 0 Å². The summed E-state index contributed by atoms with van der Waals surface area (Å²) in [5.74, 6) is 0. The standard InChI is InChI=1S/C12H11NO2/c14-12(11-8-9-15-13-11)7-6-10-4-2-1-3-5-10/h1-9,12,14H. The summed E-state index contributed by atoms with van der Waals surface area (Å²) in [6, 6.07) is 11.4. The van der Waals surface area contributed by atoms with Crippen molar-refractivity contribution in [1.82, 2.24) is 5.16 Å². The van der Waals surface area contributed by atoms with Gasteiger partial charge in [0.15, 0.2) is 0 Å². The third-order valence-corrected chi connectivity index (χ3v) is 2.03. The van der Waals surface area contributed by atoms with Gasteiger partial charge in [-0.15, -0.1) is 0 Å². The molecule has 0 aliphatic heterocycles. The van der Waals surface area contributed by atoms with Crippen molar-refractivity contribution in [2.45, 2.75) is 6.10 Å². The number of hydrogen-bond donors (Lipinski definition) is 1. The SMILES string of the molecule is OC(C=Cc1ccccc1)c1ccon1. The lowest BCUT2D eigenvalue weighted by Crippen LogP contribution is -1.92. The molecule has 3 heteroatoms. The molecule has 76 valence electrons. The zero-order valence-electron chi connectivity index (χ0n) is 8.08. The number of nitrogens with zero attached hydrogens (tertiary/aromatic N) is 1. The lowest BCUT2D eigenvalue weighted by atomic mass is 10.1. The lowest BCUT2D eigenvalue weighted by molar-refractivity contribution is 0.217. The van der Waals surface area contributed by atoms with Crippen LogP contribution < -0.4 is 0 Å². The van der Waals surface area contributed by atoms with Gasteiger partial charge in [0.25, 0.3) is 0 Å². The van der Waals surface area contributed by atoms with Gasteiger partial charge in [-0.1, -0.05) is 41.6 Å². The van der Waals surface area contributed by atoms with Crippen LogP contribution in [0.5, 0.6) is 0 Å². The summed E-state index contributed by atoms with van der Waals surface area (Å²) < 4.78 is 4.64. The topological polar surface area (TPSA) is 46.3 Å². The van der Waals surface area contributed by atoms with Gasteiger partial charge in [0.05, 0.1) is 0 Å². The summed E-state index contributed by atoms with van der Waals surface area (Å²) in [7, 11) is 0. The van der Waals surface area contributed by atoms with Gasteiger partial charge in [-0.25, -0.2) is 0 Å². The van der Waals surface area contributed by atoms with E-state index < -0.39 is 6.10 Å². The van der Waals surface area contributed by atoms with E-state index in [-0.39, 0.29) is 0 Å². The van der Waals surface area contributed by atoms with Gasteiger partial charge in [0, 0.05) is 6.07 Å². The molecule has 1 unspecified atom stereocenters. The van der Waals surface area contributed by atoms with Crippen LogP contribution >= 0.6 is 0 Å². The first kappa shape index (κ1) is 9.68. The molecule has 1 N–H and O–H groups in total. The Morgan fingerprint density at radius 1 is 1.20 bits per heavy atom. The van der Waals surface area contributed by atoms with Crippen molar-refractivity contribution < 1.29 is 9.63 Å². The fourth-order valence-corrected chi connectivity index (χ4v) is 1.24. The molecule has 3 nitrogen and oxygen atoms in total. The maximum Gasteiger partial charge on any atom is 0.124 e. The van der Waals surface area contributed by atoms with Crippen LogP contribution in [0.2, 0.25) is 0 Å². The van der Waals surface area contributed by atoms with E-state index in [0.717, 1.165) is 5.56 Å². The van der Waals surface area contributed by atoms with Crippen molar-refractivity contribution in [1.29, 1.82) is 0 Å². The molecule has 0 spiro atoms. The van der Waals surface area contributed by atoms with Crippen molar-refractivity contribution >= 4 is 6.08 Å². The molecule has 0 bridgehead atoms. The van der Waals surface area contributed by atoms with Crippen LogP contribution in [0.25, 0.3) is 6.08 Å². The van der Waals surface area contributed by atoms with Crippen molar-refractivity contribution in [3.05, 3.63) is 60.0 Å². The molecule has 1 atom stereocenters. The summed E-state index contributed by atoms with van der Waals surface area (Å²) in [6.45, 7) is 0. The van der Waals surface area contributed by atoms with Crippen LogP contribution in [-0.2, 0) is 0 Å². The fraction of sp³-hybridized carbons (Fsp3) is 0.0833. The molecule has 0 aliphatic carbocycles. The van der Waals surface area contributed by atoms with Crippen LogP contribution in [-0.4, -0.2) is 10.3 Å². The predicted octanol–water partition coefficient (Wildman–Crippen LogP) is 2.42. The first-order valence-corrected chi connectivity index (χ1v) is 4.68. The van der Waals surface area contributed by atoms with Gasteiger partial charge >= 0.3 is 0 Å². The molecular formula is C12H11NO2. The Kier molecular flexibility index (Phi) is 2.95. The van der Waals surface area contributed by atoms with Gasteiger partial charge in [0.2, 0.25) is 0 Å². The first-order chi connectivity index (χ1) is 7.36. The Morgan fingerprint density at radius 2 is 2.00 bits per heavy atom.